The van der Waals surface area contributed by atoms with Crippen LogP contribution in [-0.4, -0.2) is 13.4 Å². The Hall–Kier alpha value is -1.87. The molecule has 0 saturated carbocycles. The van der Waals surface area contributed by atoms with Crippen LogP contribution in [0.1, 0.15) is 10.4 Å². The van der Waals surface area contributed by atoms with Gasteiger partial charge in [0, 0.05) is 11.1 Å². The second kappa shape index (κ2) is 5.19. The zero-order valence-corrected chi connectivity index (χ0v) is 10.4. The Kier molecular flexibility index (Phi) is 3.63. The first-order valence-corrected chi connectivity index (χ1v) is 5.62. The molecule has 0 unspecified atom stereocenters. The third-order valence-corrected chi connectivity index (χ3v) is 2.95. The van der Waals surface area contributed by atoms with Crippen LogP contribution in [0.4, 0.5) is 4.39 Å². The van der Waals surface area contributed by atoms with Crippen LogP contribution in [0.2, 0.25) is 5.02 Å². The van der Waals surface area contributed by atoms with Gasteiger partial charge in [0.05, 0.1) is 12.1 Å². The van der Waals surface area contributed by atoms with Crippen molar-refractivity contribution in [2.45, 2.75) is 0 Å². The minimum atomic E-state index is -0.449. The third kappa shape index (κ3) is 2.22. The van der Waals surface area contributed by atoms with E-state index < -0.39 is 5.82 Å². The van der Waals surface area contributed by atoms with Crippen LogP contribution in [0.25, 0.3) is 11.1 Å². The molecule has 0 fully saturated rings. The van der Waals surface area contributed by atoms with E-state index in [4.69, 9.17) is 16.3 Å². The largest absolute Gasteiger partial charge is 0.494 e. The highest BCUT2D eigenvalue weighted by Gasteiger charge is 2.11. The van der Waals surface area contributed by atoms with Gasteiger partial charge >= 0.3 is 0 Å². The Labute approximate surface area is 109 Å². The highest BCUT2D eigenvalue weighted by atomic mass is 35.5. The van der Waals surface area contributed by atoms with Gasteiger partial charge in [-0.2, -0.15) is 0 Å². The smallest absolute Gasteiger partial charge is 0.172 e. The van der Waals surface area contributed by atoms with E-state index in [1.165, 1.54) is 7.11 Å². The highest BCUT2D eigenvalue weighted by molar-refractivity contribution is 6.33. The number of hydrogen-bond donors (Lipinski definition) is 0. The molecule has 0 spiro atoms. The second-order valence-electron chi connectivity index (χ2n) is 3.68. The van der Waals surface area contributed by atoms with Crippen molar-refractivity contribution in [2.75, 3.05) is 7.11 Å². The number of ether oxygens (including phenoxy) is 1. The molecule has 0 aromatic heterocycles. The van der Waals surface area contributed by atoms with Gasteiger partial charge in [-0.25, -0.2) is 4.39 Å². The molecule has 2 rings (SSSR count). The van der Waals surface area contributed by atoms with Crippen molar-refractivity contribution in [1.82, 2.24) is 0 Å². The van der Waals surface area contributed by atoms with Crippen molar-refractivity contribution in [2.24, 2.45) is 0 Å². The summed E-state index contributed by atoms with van der Waals surface area (Å²) < 4.78 is 19.0. The maximum Gasteiger partial charge on any atom is 0.172 e. The first-order chi connectivity index (χ1) is 8.67. The molecule has 0 aliphatic heterocycles. The molecule has 18 heavy (non-hydrogen) atoms. The molecule has 92 valence electrons. The summed E-state index contributed by atoms with van der Waals surface area (Å²) in [6, 6.07) is 9.63. The molecule has 2 aromatic rings. The summed E-state index contributed by atoms with van der Waals surface area (Å²) in [4.78, 5) is 10.7. The molecule has 0 heterocycles. The summed E-state index contributed by atoms with van der Waals surface area (Å²) in [6.07, 6.45) is 0.661. The molecular weight excluding hydrogens is 255 g/mol. The van der Waals surface area contributed by atoms with Crippen LogP contribution in [0, 0.1) is 5.82 Å². The Balaban J connectivity index is 2.55. The Bertz CT molecular complexity index is 596. The molecule has 0 N–H and O–H groups in total. The predicted molar refractivity (Wildman–Crippen MR) is 68.8 cm³/mol. The summed E-state index contributed by atoms with van der Waals surface area (Å²) in [7, 11) is 1.41. The van der Waals surface area contributed by atoms with Crippen LogP contribution in [0.15, 0.2) is 36.4 Å². The average molecular weight is 265 g/mol. The monoisotopic (exact) mass is 264 g/mol. The second-order valence-corrected chi connectivity index (χ2v) is 4.08. The standard InChI is InChI=1S/C14H10ClFO2/c1-18-13-4-2-3-11(14(13)16)9-5-6-10(8-17)12(15)7-9/h2-8H,1H3. The topological polar surface area (TPSA) is 26.3 Å². The van der Waals surface area contributed by atoms with Crippen LogP contribution in [-0.2, 0) is 0 Å². The van der Waals surface area contributed by atoms with Gasteiger partial charge in [0.15, 0.2) is 17.9 Å². The van der Waals surface area contributed by atoms with Crippen molar-refractivity contribution >= 4 is 17.9 Å². The Morgan fingerprint density at radius 1 is 1.28 bits per heavy atom. The third-order valence-electron chi connectivity index (χ3n) is 2.62. The SMILES string of the molecule is COc1cccc(-c2ccc(C=O)c(Cl)c2)c1F. The van der Waals surface area contributed by atoms with Crippen LogP contribution in [0.5, 0.6) is 5.75 Å². The lowest BCUT2D eigenvalue weighted by Crippen LogP contribution is -1.92. The highest BCUT2D eigenvalue weighted by Crippen LogP contribution is 2.31. The van der Waals surface area contributed by atoms with Gasteiger partial charge in [-0.05, 0) is 23.8 Å². The molecule has 4 heteroatoms. The van der Waals surface area contributed by atoms with E-state index in [2.05, 4.69) is 0 Å². The minimum Gasteiger partial charge on any atom is -0.494 e. The summed E-state index contributed by atoms with van der Waals surface area (Å²) in [6.45, 7) is 0. The van der Waals surface area contributed by atoms with Crippen molar-refractivity contribution in [3.63, 3.8) is 0 Å². The molecule has 0 amide bonds. The van der Waals surface area contributed by atoms with E-state index in [-0.39, 0.29) is 5.75 Å². The first-order valence-electron chi connectivity index (χ1n) is 5.25. The molecule has 0 radical (unpaired) electrons. The molecule has 0 bridgehead atoms. The summed E-state index contributed by atoms with van der Waals surface area (Å²) >= 11 is 5.92. The summed E-state index contributed by atoms with van der Waals surface area (Å²) in [5.74, 6) is -0.280. The van der Waals surface area contributed by atoms with Crippen LogP contribution < -0.4 is 4.74 Å². The van der Waals surface area contributed by atoms with E-state index in [9.17, 15) is 9.18 Å². The predicted octanol–water partition coefficient (Wildman–Crippen LogP) is 3.97. The summed E-state index contributed by atoms with van der Waals surface area (Å²) in [5, 5.41) is 0.296. The Morgan fingerprint density at radius 2 is 2.06 bits per heavy atom. The molecule has 0 atom stereocenters. The summed E-state index contributed by atoms with van der Waals surface area (Å²) in [5.41, 5.74) is 1.36. The van der Waals surface area contributed by atoms with Gasteiger partial charge in [0.25, 0.3) is 0 Å². The van der Waals surface area contributed by atoms with E-state index in [0.29, 0.717) is 28.0 Å². The molecule has 2 nitrogen and oxygen atoms in total. The zero-order chi connectivity index (χ0) is 13.1. The minimum absolute atomic E-state index is 0.170. The molecular formula is C14H10ClFO2. The zero-order valence-electron chi connectivity index (χ0n) is 9.61. The maximum absolute atomic E-state index is 14.0. The first kappa shape index (κ1) is 12.6. The lowest BCUT2D eigenvalue weighted by atomic mass is 10.0. The fraction of sp³-hybridized carbons (Fsp3) is 0.0714. The normalized spacial score (nSPS) is 10.2. The number of rotatable bonds is 3. The van der Waals surface area contributed by atoms with E-state index in [1.807, 2.05) is 0 Å². The van der Waals surface area contributed by atoms with Crippen molar-refractivity contribution in [3.8, 4) is 16.9 Å². The van der Waals surface area contributed by atoms with Crippen LogP contribution >= 0.6 is 11.6 Å². The van der Waals surface area contributed by atoms with E-state index in [1.54, 1.807) is 36.4 Å². The number of halogens is 2. The molecule has 0 aliphatic rings. The van der Waals surface area contributed by atoms with Gasteiger partial charge in [-0.1, -0.05) is 29.8 Å². The van der Waals surface area contributed by atoms with Gasteiger partial charge in [0.1, 0.15) is 0 Å². The number of aldehydes is 1. The lowest BCUT2D eigenvalue weighted by Gasteiger charge is -2.08. The Morgan fingerprint density at radius 3 is 2.67 bits per heavy atom. The fourth-order valence-corrected chi connectivity index (χ4v) is 1.91. The van der Waals surface area contributed by atoms with Crippen LogP contribution in [0.3, 0.4) is 0 Å². The van der Waals surface area contributed by atoms with Crippen molar-refractivity contribution < 1.29 is 13.9 Å². The van der Waals surface area contributed by atoms with Crippen molar-refractivity contribution in [1.29, 1.82) is 0 Å². The number of benzene rings is 2. The molecule has 0 aliphatic carbocycles. The fourth-order valence-electron chi connectivity index (χ4n) is 1.68. The van der Waals surface area contributed by atoms with E-state index >= 15 is 0 Å². The molecule has 0 saturated heterocycles. The average Bonchev–Trinajstić information content (AvgIpc) is 2.39. The van der Waals surface area contributed by atoms with E-state index in [0.717, 1.165) is 0 Å². The number of methoxy groups -OCH3 is 1. The quantitative estimate of drug-likeness (QED) is 0.784. The number of hydrogen-bond acceptors (Lipinski definition) is 2. The lowest BCUT2D eigenvalue weighted by molar-refractivity contribution is 0.112. The van der Waals surface area contributed by atoms with Gasteiger partial charge < -0.3 is 4.74 Å². The van der Waals surface area contributed by atoms with Crippen molar-refractivity contribution in [3.05, 3.63) is 52.8 Å². The number of carbonyl (C=O) groups excluding carboxylic acids is 1. The van der Waals surface area contributed by atoms with Gasteiger partial charge in [0.2, 0.25) is 0 Å². The number of carbonyl (C=O) groups is 1. The maximum atomic E-state index is 14.0. The van der Waals surface area contributed by atoms with Gasteiger partial charge in [-0.3, -0.25) is 4.79 Å². The van der Waals surface area contributed by atoms with Gasteiger partial charge in [-0.15, -0.1) is 0 Å². The molecule has 2 aromatic carbocycles.